The van der Waals surface area contributed by atoms with Gasteiger partial charge in [0, 0.05) is 12.1 Å². The zero-order chi connectivity index (χ0) is 9.84. The first kappa shape index (κ1) is 9.49. The topological polar surface area (TPSA) is 70.0 Å². The number of rotatable bonds is 2. The Bertz CT molecular complexity index is 326. The van der Waals surface area contributed by atoms with Crippen LogP contribution in [-0.2, 0) is 0 Å². The van der Waals surface area contributed by atoms with Crippen LogP contribution >= 0.6 is 0 Å². The molecule has 0 bridgehead atoms. The van der Waals surface area contributed by atoms with Gasteiger partial charge in [0.15, 0.2) is 0 Å². The van der Waals surface area contributed by atoms with Crippen molar-refractivity contribution in [1.29, 1.82) is 5.26 Å². The molecule has 1 atom stereocenters. The fraction of sp³-hybridized carbons (Fsp3) is 0.222. The highest BCUT2D eigenvalue weighted by Crippen LogP contribution is 2.20. The highest BCUT2D eigenvalue weighted by atomic mass is 19.1. The maximum atomic E-state index is 12.7. The molecule has 1 rings (SSSR count). The number of aromatic hydroxyl groups is 1. The second-order valence-corrected chi connectivity index (χ2v) is 2.71. The fourth-order valence-corrected chi connectivity index (χ4v) is 1.03. The number of halogens is 1. The molecule has 0 aromatic heterocycles. The van der Waals surface area contributed by atoms with Crippen LogP contribution in [0.5, 0.6) is 5.75 Å². The Morgan fingerprint density at radius 2 is 2.23 bits per heavy atom. The molecule has 4 heteroatoms. The van der Waals surface area contributed by atoms with Crippen molar-refractivity contribution in [3.63, 3.8) is 0 Å². The Morgan fingerprint density at radius 1 is 1.54 bits per heavy atom. The third-order valence-electron chi connectivity index (χ3n) is 1.64. The monoisotopic (exact) mass is 180 g/mol. The van der Waals surface area contributed by atoms with Crippen molar-refractivity contribution in [3.05, 3.63) is 29.6 Å². The van der Waals surface area contributed by atoms with Gasteiger partial charge in [-0.25, -0.2) is 4.39 Å². The van der Waals surface area contributed by atoms with Crippen LogP contribution in [0.15, 0.2) is 18.2 Å². The van der Waals surface area contributed by atoms with Crippen LogP contribution in [-0.4, -0.2) is 5.11 Å². The lowest BCUT2D eigenvalue weighted by Gasteiger charge is -2.07. The Hall–Kier alpha value is -1.60. The quantitative estimate of drug-likeness (QED) is 0.723. The smallest absolute Gasteiger partial charge is 0.127 e. The van der Waals surface area contributed by atoms with Gasteiger partial charge in [-0.2, -0.15) is 5.26 Å². The molecule has 1 unspecified atom stereocenters. The number of hydrogen-bond donors (Lipinski definition) is 2. The lowest BCUT2D eigenvalue weighted by atomic mass is 10.1. The first-order valence-corrected chi connectivity index (χ1v) is 3.75. The van der Waals surface area contributed by atoms with Gasteiger partial charge in [-0.15, -0.1) is 0 Å². The molecule has 3 nitrogen and oxygen atoms in total. The van der Waals surface area contributed by atoms with E-state index in [-0.39, 0.29) is 12.2 Å². The number of hydrogen-bond acceptors (Lipinski definition) is 3. The summed E-state index contributed by atoms with van der Waals surface area (Å²) < 4.78 is 12.7. The average Bonchev–Trinajstić information content (AvgIpc) is 2.03. The van der Waals surface area contributed by atoms with E-state index < -0.39 is 11.9 Å². The summed E-state index contributed by atoms with van der Waals surface area (Å²) in [6.45, 7) is 0. The van der Waals surface area contributed by atoms with E-state index in [9.17, 15) is 4.39 Å². The molecule has 0 heterocycles. The van der Waals surface area contributed by atoms with Crippen LogP contribution in [0.3, 0.4) is 0 Å². The Balaban J connectivity index is 2.95. The summed E-state index contributed by atoms with van der Waals surface area (Å²) in [6, 6.07) is 4.88. The second kappa shape index (κ2) is 3.87. The molecule has 3 N–H and O–H groups in total. The molecular weight excluding hydrogens is 171 g/mol. The van der Waals surface area contributed by atoms with Crippen LogP contribution in [0, 0.1) is 17.1 Å². The summed E-state index contributed by atoms with van der Waals surface area (Å²) in [5.74, 6) is -0.730. The number of nitriles is 1. The lowest BCUT2D eigenvalue weighted by molar-refractivity contribution is 0.467. The minimum atomic E-state index is -0.552. The minimum absolute atomic E-state index is 0.100. The molecule has 68 valence electrons. The highest BCUT2D eigenvalue weighted by molar-refractivity contribution is 5.30. The molecular formula is C9H9FN2O. The van der Waals surface area contributed by atoms with Crippen LogP contribution < -0.4 is 5.73 Å². The lowest BCUT2D eigenvalue weighted by Crippen LogP contribution is -2.09. The van der Waals surface area contributed by atoms with Gasteiger partial charge >= 0.3 is 0 Å². The molecule has 13 heavy (non-hydrogen) atoms. The number of phenols is 1. The summed E-state index contributed by atoms with van der Waals surface area (Å²) in [5.41, 5.74) is 5.97. The summed E-state index contributed by atoms with van der Waals surface area (Å²) in [4.78, 5) is 0. The summed E-state index contributed by atoms with van der Waals surface area (Å²) in [6.07, 6.45) is 0.100. The van der Waals surface area contributed by atoms with E-state index in [0.717, 1.165) is 6.07 Å². The zero-order valence-electron chi connectivity index (χ0n) is 6.87. The number of benzene rings is 1. The van der Waals surface area contributed by atoms with Crippen LogP contribution in [0.4, 0.5) is 4.39 Å². The molecule has 0 aliphatic heterocycles. The number of phenolic OH excluding ortho intramolecular Hbond substituents is 1. The third-order valence-corrected chi connectivity index (χ3v) is 1.64. The SMILES string of the molecule is N#CCC(N)c1cc(O)cc(F)c1. The first-order valence-electron chi connectivity index (χ1n) is 3.75. The van der Waals surface area contributed by atoms with E-state index in [2.05, 4.69) is 0 Å². The second-order valence-electron chi connectivity index (χ2n) is 2.71. The van der Waals surface area contributed by atoms with Crippen LogP contribution in [0.25, 0.3) is 0 Å². The maximum absolute atomic E-state index is 12.7. The van der Waals surface area contributed by atoms with Gasteiger partial charge in [0.2, 0.25) is 0 Å². The van der Waals surface area contributed by atoms with Gasteiger partial charge in [0.1, 0.15) is 11.6 Å². The van der Waals surface area contributed by atoms with Crippen LogP contribution in [0.2, 0.25) is 0 Å². The third kappa shape index (κ3) is 2.42. The number of nitrogens with two attached hydrogens (primary N) is 1. The fourth-order valence-electron chi connectivity index (χ4n) is 1.03. The van der Waals surface area contributed by atoms with E-state index >= 15 is 0 Å². The predicted octanol–water partition coefficient (Wildman–Crippen LogP) is 1.44. The van der Waals surface area contributed by atoms with Gasteiger partial charge in [-0.1, -0.05) is 0 Å². The standard InChI is InChI=1S/C9H9FN2O/c10-7-3-6(4-8(13)5-7)9(12)1-2-11/h3-5,9,13H,1,12H2. The highest BCUT2D eigenvalue weighted by Gasteiger charge is 2.07. The van der Waals surface area contributed by atoms with E-state index in [4.69, 9.17) is 16.1 Å². The number of nitrogens with zero attached hydrogens (tertiary/aromatic N) is 1. The zero-order valence-corrected chi connectivity index (χ0v) is 6.87. The van der Waals surface area contributed by atoms with Crippen molar-refractivity contribution < 1.29 is 9.50 Å². The minimum Gasteiger partial charge on any atom is -0.508 e. The largest absolute Gasteiger partial charge is 0.508 e. The molecule has 0 fully saturated rings. The van der Waals surface area contributed by atoms with Crippen molar-refractivity contribution in [3.8, 4) is 11.8 Å². The molecule has 0 spiro atoms. The molecule has 0 radical (unpaired) electrons. The van der Waals surface area contributed by atoms with Gasteiger partial charge in [-0.3, -0.25) is 0 Å². The van der Waals surface area contributed by atoms with Gasteiger partial charge in [0.05, 0.1) is 12.5 Å². The Kier molecular flexibility index (Phi) is 2.83. The van der Waals surface area contributed by atoms with Gasteiger partial charge in [0.25, 0.3) is 0 Å². The molecule has 1 aromatic carbocycles. The molecule has 0 saturated carbocycles. The maximum Gasteiger partial charge on any atom is 0.127 e. The molecule has 0 aliphatic rings. The average molecular weight is 180 g/mol. The first-order chi connectivity index (χ1) is 6.13. The van der Waals surface area contributed by atoms with Crippen molar-refractivity contribution in [2.45, 2.75) is 12.5 Å². The van der Waals surface area contributed by atoms with Crippen molar-refractivity contribution >= 4 is 0 Å². The van der Waals surface area contributed by atoms with Crippen molar-refractivity contribution in [1.82, 2.24) is 0 Å². The molecule has 0 amide bonds. The Morgan fingerprint density at radius 3 is 2.77 bits per heavy atom. The molecule has 1 aromatic rings. The van der Waals surface area contributed by atoms with E-state index in [1.165, 1.54) is 12.1 Å². The van der Waals surface area contributed by atoms with Crippen molar-refractivity contribution in [2.75, 3.05) is 0 Å². The summed E-state index contributed by atoms with van der Waals surface area (Å²) in [5, 5.41) is 17.4. The summed E-state index contributed by atoms with van der Waals surface area (Å²) in [7, 11) is 0. The van der Waals surface area contributed by atoms with Crippen molar-refractivity contribution in [2.24, 2.45) is 5.73 Å². The normalized spacial score (nSPS) is 12.1. The predicted molar refractivity (Wildman–Crippen MR) is 45.2 cm³/mol. The van der Waals surface area contributed by atoms with E-state index in [0.29, 0.717) is 5.56 Å². The summed E-state index contributed by atoms with van der Waals surface area (Å²) >= 11 is 0. The van der Waals surface area contributed by atoms with Gasteiger partial charge < -0.3 is 10.8 Å². The van der Waals surface area contributed by atoms with E-state index in [1.807, 2.05) is 6.07 Å². The molecule has 0 saturated heterocycles. The Labute approximate surface area is 75.2 Å². The van der Waals surface area contributed by atoms with Gasteiger partial charge in [-0.05, 0) is 17.7 Å². The molecule has 0 aliphatic carbocycles. The van der Waals surface area contributed by atoms with E-state index in [1.54, 1.807) is 0 Å². The van der Waals surface area contributed by atoms with Crippen LogP contribution in [0.1, 0.15) is 18.0 Å².